The number of ether oxygens (including phenoxy) is 2. The monoisotopic (exact) mass is 308 g/mol. The molecule has 8 heteroatoms. The molecule has 22 heavy (non-hydrogen) atoms. The van der Waals surface area contributed by atoms with Gasteiger partial charge in [0.15, 0.2) is 11.5 Å². The van der Waals surface area contributed by atoms with E-state index in [0.717, 1.165) is 25.9 Å². The Bertz CT molecular complexity index is 514. The third-order valence-electron chi connectivity index (χ3n) is 3.47. The molecule has 8 nitrogen and oxygen atoms in total. The van der Waals surface area contributed by atoms with Crippen LogP contribution in [-0.4, -0.2) is 48.1 Å². The predicted octanol–water partition coefficient (Wildman–Crippen LogP) is 1.34. The Morgan fingerprint density at radius 2 is 2.27 bits per heavy atom. The van der Waals surface area contributed by atoms with Gasteiger partial charge in [-0.2, -0.15) is 0 Å². The van der Waals surface area contributed by atoms with Crippen molar-refractivity contribution in [2.45, 2.75) is 38.3 Å². The molecule has 2 heterocycles. The van der Waals surface area contributed by atoms with Crippen molar-refractivity contribution in [2.75, 3.05) is 19.0 Å². The SMILES string of the molecule is CC[C@H](NC(=O)Nc1ccc(C(=O)OC)nn1)[C@@H]1CCCO1. The van der Waals surface area contributed by atoms with Gasteiger partial charge in [0.1, 0.15) is 0 Å². The van der Waals surface area contributed by atoms with Crippen LogP contribution in [0.4, 0.5) is 10.6 Å². The van der Waals surface area contributed by atoms with Gasteiger partial charge in [0.05, 0.1) is 19.3 Å². The molecule has 1 saturated heterocycles. The number of esters is 1. The fraction of sp³-hybridized carbons (Fsp3) is 0.571. The first-order valence-electron chi connectivity index (χ1n) is 7.25. The zero-order valence-corrected chi connectivity index (χ0v) is 12.7. The van der Waals surface area contributed by atoms with Crippen LogP contribution in [-0.2, 0) is 9.47 Å². The summed E-state index contributed by atoms with van der Waals surface area (Å²) in [6.45, 7) is 2.74. The van der Waals surface area contributed by atoms with Crippen molar-refractivity contribution in [1.82, 2.24) is 15.5 Å². The predicted molar refractivity (Wildman–Crippen MR) is 78.6 cm³/mol. The molecule has 1 aliphatic rings. The summed E-state index contributed by atoms with van der Waals surface area (Å²) < 4.78 is 10.1. The van der Waals surface area contributed by atoms with Gasteiger partial charge >= 0.3 is 12.0 Å². The normalized spacial score (nSPS) is 18.5. The number of carbonyl (C=O) groups is 2. The van der Waals surface area contributed by atoms with Gasteiger partial charge in [-0.3, -0.25) is 5.32 Å². The maximum absolute atomic E-state index is 12.0. The van der Waals surface area contributed by atoms with E-state index in [-0.39, 0.29) is 29.7 Å². The Balaban J connectivity index is 1.89. The summed E-state index contributed by atoms with van der Waals surface area (Å²) in [4.78, 5) is 23.2. The molecular formula is C14H20N4O4. The first-order chi connectivity index (χ1) is 10.6. The Morgan fingerprint density at radius 3 is 2.82 bits per heavy atom. The Morgan fingerprint density at radius 1 is 1.45 bits per heavy atom. The summed E-state index contributed by atoms with van der Waals surface area (Å²) >= 11 is 0. The highest BCUT2D eigenvalue weighted by Crippen LogP contribution is 2.17. The van der Waals surface area contributed by atoms with Crippen LogP contribution < -0.4 is 10.6 Å². The second-order valence-electron chi connectivity index (χ2n) is 4.96. The third kappa shape index (κ3) is 4.14. The minimum atomic E-state index is -0.576. The van der Waals surface area contributed by atoms with Crippen molar-refractivity contribution in [2.24, 2.45) is 0 Å². The number of rotatable bonds is 5. The first-order valence-corrected chi connectivity index (χ1v) is 7.25. The molecule has 2 amide bonds. The molecule has 0 unspecified atom stereocenters. The Kier molecular flexibility index (Phi) is 5.65. The molecule has 0 aromatic carbocycles. The highest BCUT2D eigenvalue weighted by Gasteiger charge is 2.26. The molecule has 2 atom stereocenters. The third-order valence-corrected chi connectivity index (χ3v) is 3.47. The summed E-state index contributed by atoms with van der Waals surface area (Å²) in [5, 5.41) is 12.9. The number of nitrogens with one attached hydrogen (secondary N) is 2. The average Bonchev–Trinajstić information content (AvgIpc) is 3.06. The van der Waals surface area contributed by atoms with E-state index < -0.39 is 5.97 Å². The fourth-order valence-electron chi connectivity index (χ4n) is 2.31. The molecule has 0 spiro atoms. The minimum absolute atomic E-state index is 0.0372. The lowest BCUT2D eigenvalue weighted by atomic mass is 10.1. The van der Waals surface area contributed by atoms with E-state index in [9.17, 15) is 9.59 Å². The van der Waals surface area contributed by atoms with Crippen LogP contribution in [0.25, 0.3) is 0 Å². The molecule has 0 saturated carbocycles. The molecule has 1 fully saturated rings. The lowest BCUT2D eigenvalue weighted by molar-refractivity contribution is 0.0592. The van der Waals surface area contributed by atoms with Crippen molar-refractivity contribution < 1.29 is 19.1 Å². The van der Waals surface area contributed by atoms with Crippen molar-refractivity contribution in [3.05, 3.63) is 17.8 Å². The van der Waals surface area contributed by atoms with Gasteiger partial charge in [-0.15, -0.1) is 10.2 Å². The van der Waals surface area contributed by atoms with Crippen molar-refractivity contribution in [3.8, 4) is 0 Å². The quantitative estimate of drug-likeness (QED) is 0.796. The van der Waals surface area contributed by atoms with E-state index in [2.05, 4.69) is 25.6 Å². The highest BCUT2D eigenvalue weighted by molar-refractivity contribution is 5.89. The van der Waals surface area contributed by atoms with Crippen molar-refractivity contribution in [3.63, 3.8) is 0 Å². The molecule has 2 N–H and O–H groups in total. The van der Waals surface area contributed by atoms with Crippen LogP contribution in [0.2, 0.25) is 0 Å². The molecule has 1 aromatic heterocycles. The van der Waals surface area contributed by atoms with Crippen LogP contribution in [0, 0.1) is 0 Å². The smallest absolute Gasteiger partial charge is 0.358 e. The number of anilines is 1. The molecule has 0 radical (unpaired) electrons. The van der Waals surface area contributed by atoms with Crippen LogP contribution in [0.15, 0.2) is 12.1 Å². The van der Waals surface area contributed by atoms with Gasteiger partial charge in [-0.05, 0) is 31.4 Å². The lowest BCUT2D eigenvalue weighted by Crippen LogP contribution is -2.44. The molecule has 1 aromatic rings. The lowest BCUT2D eigenvalue weighted by Gasteiger charge is -2.22. The summed E-state index contributed by atoms with van der Waals surface area (Å²) in [6.07, 6.45) is 2.81. The zero-order chi connectivity index (χ0) is 15.9. The number of nitrogens with zero attached hydrogens (tertiary/aromatic N) is 2. The highest BCUT2D eigenvalue weighted by atomic mass is 16.5. The number of amides is 2. The second-order valence-corrected chi connectivity index (χ2v) is 4.96. The van der Waals surface area contributed by atoms with E-state index in [1.54, 1.807) is 0 Å². The Hall–Kier alpha value is -2.22. The maximum atomic E-state index is 12.0. The van der Waals surface area contributed by atoms with Gasteiger partial charge in [0.25, 0.3) is 0 Å². The number of urea groups is 1. The second kappa shape index (κ2) is 7.69. The van der Waals surface area contributed by atoms with Crippen LogP contribution in [0.1, 0.15) is 36.7 Å². The molecule has 1 aliphatic heterocycles. The number of hydrogen-bond donors (Lipinski definition) is 2. The van der Waals surface area contributed by atoms with Crippen LogP contribution in [0.5, 0.6) is 0 Å². The minimum Gasteiger partial charge on any atom is -0.464 e. The van der Waals surface area contributed by atoms with Crippen LogP contribution >= 0.6 is 0 Å². The molecule has 120 valence electrons. The topological polar surface area (TPSA) is 102 Å². The van der Waals surface area contributed by atoms with Crippen molar-refractivity contribution >= 4 is 17.8 Å². The van der Waals surface area contributed by atoms with Gasteiger partial charge in [0, 0.05) is 6.61 Å². The molecule has 0 bridgehead atoms. The largest absolute Gasteiger partial charge is 0.464 e. The zero-order valence-electron chi connectivity index (χ0n) is 12.7. The molecule has 0 aliphatic carbocycles. The molecule has 2 rings (SSSR count). The first kappa shape index (κ1) is 16.2. The Labute approximate surface area is 128 Å². The average molecular weight is 308 g/mol. The summed E-state index contributed by atoms with van der Waals surface area (Å²) in [5.74, 6) is -0.319. The van der Waals surface area contributed by atoms with E-state index in [0.29, 0.717) is 0 Å². The van der Waals surface area contributed by atoms with E-state index in [4.69, 9.17) is 4.74 Å². The van der Waals surface area contributed by atoms with E-state index >= 15 is 0 Å². The summed E-state index contributed by atoms with van der Waals surface area (Å²) in [5.41, 5.74) is 0.0826. The number of hydrogen-bond acceptors (Lipinski definition) is 6. The number of carbonyl (C=O) groups excluding carboxylic acids is 2. The number of aromatic nitrogens is 2. The molecular weight excluding hydrogens is 288 g/mol. The van der Waals surface area contributed by atoms with Gasteiger partial charge in [-0.1, -0.05) is 6.92 Å². The van der Waals surface area contributed by atoms with Gasteiger partial charge < -0.3 is 14.8 Å². The summed E-state index contributed by atoms with van der Waals surface area (Å²) in [7, 11) is 1.26. The van der Waals surface area contributed by atoms with E-state index in [1.165, 1.54) is 19.2 Å². The van der Waals surface area contributed by atoms with Gasteiger partial charge in [-0.25, -0.2) is 9.59 Å². The van der Waals surface area contributed by atoms with E-state index in [1.807, 2.05) is 6.92 Å². The standard InChI is InChI=1S/C14H20N4O4/c1-3-9(11-5-4-8-22-11)15-14(20)16-12-7-6-10(17-18-12)13(19)21-2/h6-7,9,11H,3-5,8H2,1-2H3,(H2,15,16,18,20)/t9-,11-/m0/s1. The van der Waals surface area contributed by atoms with Gasteiger partial charge in [0.2, 0.25) is 0 Å². The fourth-order valence-corrected chi connectivity index (χ4v) is 2.31. The maximum Gasteiger partial charge on any atom is 0.358 e. The van der Waals surface area contributed by atoms with Crippen LogP contribution in [0.3, 0.4) is 0 Å². The summed E-state index contributed by atoms with van der Waals surface area (Å²) in [6, 6.07) is 2.52. The number of methoxy groups -OCH3 is 1. The van der Waals surface area contributed by atoms with Crippen molar-refractivity contribution in [1.29, 1.82) is 0 Å².